The van der Waals surface area contributed by atoms with Crippen molar-refractivity contribution in [2.45, 2.75) is 0 Å². The first-order valence-corrected chi connectivity index (χ1v) is 22.7. The number of rotatable bonds is 6. The molecule has 58 heavy (non-hydrogen) atoms. The van der Waals surface area contributed by atoms with Crippen molar-refractivity contribution >= 4 is 104 Å². The smallest absolute Gasteiger partial charge is 0.179 e. The van der Waals surface area contributed by atoms with Crippen LogP contribution < -0.4 is 20.7 Å². The van der Waals surface area contributed by atoms with Gasteiger partial charge in [-0.1, -0.05) is 158 Å². The number of thiophene rings is 1. The van der Waals surface area contributed by atoms with E-state index in [0.29, 0.717) is 0 Å². The number of aromatic nitrogens is 2. The molecule has 0 N–H and O–H groups in total. The molecule has 2 nitrogen and oxygen atoms in total. The Labute approximate surface area is 341 Å². The van der Waals surface area contributed by atoms with Gasteiger partial charge in [-0.15, -0.1) is 11.3 Å². The molecule has 0 bridgehead atoms. The van der Waals surface area contributed by atoms with Crippen LogP contribution >= 0.6 is 11.3 Å². The zero-order valence-electron chi connectivity index (χ0n) is 31.6. The monoisotopic (exact) mass is 772 g/mol. The normalized spacial score (nSPS) is 12.1. The highest BCUT2D eigenvalue weighted by Gasteiger charge is 2.42. The van der Waals surface area contributed by atoms with Gasteiger partial charge < -0.3 is 9.13 Å². The molecule has 272 valence electrons. The highest BCUT2D eigenvalue weighted by Crippen LogP contribution is 2.40. The highest BCUT2D eigenvalue weighted by molar-refractivity contribution is 7.26. The Bertz CT molecular complexity index is 3470. The summed E-state index contributed by atoms with van der Waals surface area (Å²) in [6, 6.07) is 81.6. The van der Waals surface area contributed by atoms with Crippen LogP contribution in [-0.4, -0.2) is 17.2 Å². The molecule has 0 saturated carbocycles. The van der Waals surface area contributed by atoms with Gasteiger partial charge in [0.15, 0.2) is 8.07 Å². The summed E-state index contributed by atoms with van der Waals surface area (Å²) < 4.78 is 7.56. The molecule has 0 aliphatic heterocycles. The number of nitrogens with zero attached hydrogens (tertiary/aromatic N) is 2. The van der Waals surface area contributed by atoms with Gasteiger partial charge in [-0.05, 0) is 81.4 Å². The molecule has 0 saturated heterocycles. The number of hydrogen-bond donors (Lipinski definition) is 0. The maximum Gasteiger partial charge on any atom is 0.179 e. The predicted octanol–water partition coefficient (Wildman–Crippen LogP) is 11.6. The van der Waals surface area contributed by atoms with E-state index in [0.717, 1.165) is 0 Å². The molecule has 3 aromatic heterocycles. The summed E-state index contributed by atoms with van der Waals surface area (Å²) >= 11 is 1.88. The number of hydrogen-bond acceptors (Lipinski definition) is 1. The van der Waals surface area contributed by atoms with Gasteiger partial charge in [-0.2, -0.15) is 0 Å². The zero-order valence-corrected chi connectivity index (χ0v) is 33.4. The minimum atomic E-state index is -2.94. The van der Waals surface area contributed by atoms with E-state index < -0.39 is 8.07 Å². The summed E-state index contributed by atoms with van der Waals surface area (Å²) in [4.78, 5) is 0. The quantitative estimate of drug-likeness (QED) is 0.118. The second-order valence-electron chi connectivity index (χ2n) is 15.3. The molecule has 0 amide bonds. The Kier molecular flexibility index (Phi) is 7.46. The summed E-state index contributed by atoms with van der Waals surface area (Å²) in [6.07, 6.45) is 0. The lowest BCUT2D eigenvalue weighted by Crippen LogP contribution is -2.74. The van der Waals surface area contributed by atoms with Crippen molar-refractivity contribution in [3.8, 4) is 11.4 Å². The van der Waals surface area contributed by atoms with Gasteiger partial charge in [-0.25, -0.2) is 0 Å². The molecule has 12 rings (SSSR count). The molecular weight excluding hydrogens is 737 g/mol. The SMILES string of the molecule is c1ccc(-n2c3ccccc3c3cc([Si](c4ccccc4)(c4ccccc4)c4cccc(-n5c6ccccc6c6cc7c(cc65)sc5ccccc57)c4)ccc32)cc1. The average Bonchev–Trinajstić information content (AvgIpc) is 3.94. The van der Waals surface area contributed by atoms with Crippen LogP contribution in [0.1, 0.15) is 0 Å². The molecular formula is C54H36N2SSi. The number of para-hydroxylation sites is 3. The third-order valence-corrected chi connectivity index (χ3v) is 18.1. The molecule has 0 spiro atoms. The van der Waals surface area contributed by atoms with Gasteiger partial charge in [0.1, 0.15) is 0 Å². The van der Waals surface area contributed by atoms with Crippen LogP contribution in [-0.2, 0) is 0 Å². The van der Waals surface area contributed by atoms with E-state index in [1.54, 1.807) is 0 Å². The van der Waals surface area contributed by atoms with Crippen molar-refractivity contribution in [2.24, 2.45) is 0 Å². The maximum atomic E-state index is 2.52. The van der Waals surface area contributed by atoms with E-state index in [1.807, 2.05) is 11.3 Å². The van der Waals surface area contributed by atoms with Gasteiger partial charge in [0.05, 0.1) is 22.1 Å². The first-order valence-electron chi connectivity index (χ1n) is 19.9. The van der Waals surface area contributed by atoms with E-state index in [9.17, 15) is 0 Å². The second kappa shape index (κ2) is 13.0. The predicted molar refractivity (Wildman–Crippen MR) is 252 cm³/mol. The van der Waals surface area contributed by atoms with Gasteiger partial charge in [0.2, 0.25) is 0 Å². The third kappa shape index (κ3) is 4.83. The fourth-order valence-corrected chi connectivity index (χ4v) is 15.7. The Morgan fingerprint density at radius 3 is 1.47 bits per heavy atom. The Hall–Kier alpha value is -6.98. The molecule has 12 aromatic rings. The van der Waals surface area contributed by atoms with Crippen LogP contribution in [0.4, 0.5) is 0 Å². The van der Waals surface area contributed by atoms with E-state index >= 15 is 0 Å². The van der Waals surface area contributed by atoms with Crippen LogP contribution in [0, 0.1) is 0 Å². The first-order chi connectivity index (χ1) is 28.8. The molecule has 4 heteroatoms. The van der Waals surface area contributed by atoms with Crippen LogP contribution in [0.3, 0.4) is 0 Å². The van der Waals surface area contributed by atoms with Crippen LogP contribution in [0.25, 0.3) is 75.2 Å². The van der Waals surface area contributed by atoms with E-state index in [4.69, 9.17) is 0 Å². The highest BCUT2D eigenvalue weighted by atomic mass is 32.1. The minimum absolute atomic E-state index is 1.17. The Morgan fingerprint density at radius 2 is 0.776 bits per heavy atom. The van der Waals surface area contributed by atoms with Crippen LogP contribution in [0.5, 0.6) is 0 Å². The first kappa shape index (κ1) is 33.2. The lowest BCUT2D eigenvalue weighted by Gasteiger charge is -2.35. The largest absolute Gasteiger partial charge is 0.309 e. The molecule has 0 aliphatic rings. The number of benzene rings is 9. The fraction of sp³-hybridized carbons (Fsp3) is 0. The lowest BCUT2D eigenvalue weighted by atomic mass is 10.1. The molecule has 0 aliphatic carbocycles. The minimum Gasteiger partial charge on any atom is -0.309 e. The standard InChI is InChI=1S/C54H36N2SSi/c1-4-17-37(18-5-1)55-49-28-13-10-25-43(49)46-34-42(31-32-51(46)55)58(39-20-6-2-7-21-39,40-22-8-3-9-23-40)41-24-16-19-38(33-41)56-50-29-14-11-26-44(50)47-35-48-45-27-12-15-30-53(45)57-54(48)36-52(47)56/h1-36H. The summed E-state index contributed by atoms with van der Waals surface area (Å²) in [6.45, 7) is 0. The molecule has 0 atom stereocenters. The topological polar surface area (TPSA) is 9.86 Å². The van der Waals surface area contributed by atoms with Gasteiger partial charge in [0, 0.05) is 53.1 Å². The molecule has 0 fully saturated rings. The number of fused-ring (bicyclic) bond motifs is 9. The molecule has 9 aromatic carbocycles. The van der Waals surface area contributed by atoms with Crippen molar-refractivity contribution in [2.75, 3.05) is 0 Å². The molecule has 3 heterocycles. The van der Waals surface area contributed by atoms with Crippen molar-refractivity contribution in [3.63, 3.8) is 0 Å². The summed E-state index contributed by atoms with van der Waals surface area (Å²) in [7, 11) is -2.94. The maximum absolute atomic E-state index is 2.94. The van der Waals surface area contributed by atoms with Crippen molar-refractivity contribution in [1.82, 2.24) is 9.13 Å². The fourth-order valence-electron chi connectivity index (χ4n) is 9.78. The van der Waals surface area contributed by atoms with E-state index in [2.05, 4.69) is 228 Å². The summed E-state index contributed by atoms with van der Waals surface area (Å²) in [5.41, 5.74) is 7.23. The summed E-state index contributed by atoms with van der Waals surface area (Å²) in [5, 5.41) is 13.2. The van der Waals surface area contributed by atoms with Crippen LogP contribution in [0.15, 0.2) is 218 Å². The van der Waals surface area contributed by atoms with Crippen molar-refractivity contribution < 1.29 is 0 Å². The van der Waals surface area contributed by atoms with Crippen molar-refractivity contribution in [1.29, 1.82) is 0 Å². The van der Waals surface area contributed by atoms with Gasteiger partial charge >= 0.3 is 0 Å². The second-order valence-corrected chi connectivity index (χ2v) is 20.2. The molecule has 0 unspecified atom stereocenters. The Morgan fingerprint density at radius 1 is 0.276 bits per heavy atom. The summed E-state index contributed by atoms with van der Waals surface area (Å²) in [5.74, 6) is 0. The van der Waals surface area contributed by atoms with Crippen LogP contribution in [0.2, 0.25) is 0 Å². The Balaban J connectivity index is 1.16. The van der Waals surface area contributed by atoms with Gasteiger partial charge in [-0.3, -0.25) is 0 Å². The third-order valence-electron chi connectivity index (χ3n) is 12.2. The molecule has 0 radical (unpaired) electrons. The van der Waals surface area contributed by atoms with E-state index in [1.165, 1.54) is 95.9 Å². The van der Waals surface area contributed by atoms with Crippen molar-refractivity contribution in [3.05, 3.63) is 218 Å². The zero-order chi connectivity index (χ0) is 38.2. The van der Waals surface area contributed by atoms with E-state index in [-0.39, 0.29) is 0 Å². The average molecular weight is 773 g/mol. The van der Waals surface area contributed by atoms with Gasteiger partial charge in [0.25, 0.3) is 0 Å². The lowest BCUT2D eigenvalue weighted by molar-refractivity contribution is 1.18.